The van der Waals surface area contributed by atoms with Crippen LogP contribution in [0, 0.1) is 17.5 Å². The number of carbonyl (C=O) groups excluding carboxylic acids is 2. The van der Waals surface area contributed by atoms with E-state index in [0.29, 0.717) is 11.8 Å². The number of amides is 2. The minimum Gasteiger partial charge on any atom is -0.378 e. The van der Waals surface area contributed by atoms with Gasteiger partial charge < -0.3 is 15.1 Å². The van der Waals surface area contributed by atoms with Crippen molar-refractivity contribution in [1.82, 2.24) is 0 Å². The highest BCUT2D eigenvalue weighted by Gasteiger charge is 2.23. The SMILES string of the molecule is CC(=O)N(CC(=O)Nc1ccc(N(C)C)cc1)c1ccc(F)c(F)c1F. The first-order valence-electron chi connectivity index (χ1n) is 7.69. The van der Waals surface area contributed by atoms with Crippen LogP contribution >= 0.6 is 0 Å². The van der Waals surface area contributed by atoms with Gasteiger partial charge in [-0.05, 0) is 36.4 Å². The topological polar surface area (TPSA) is 52.7 Å². The standard InChI is InChI=1S/C18H18F3N3O2/c1-11(25)24(15-9-8-14(19)17(20)18(15)21)10-16(26)22-12-4-6-13(7-5-12)23(2)3/h4-9H,10H2,1-3H3,(H,22,26). The van der Waals surface area contributed by atoms with Gasteiger partial charge in [-0.2, -0.15) is 0 Å². The molecule has 2 rings (SSSR count). The Morgan fingerprint density at radius 3 is 2.12 bits per heavy atom. The van der Waals surface area contributed by atoms with Crippen LogP contribution in [0.2, 0.25) is 0 Å². The molecule has 0 aromatic heterocycles. The van der Waals surface area contributed by atoms with E-state index in [2.05, 4.69) is 5.32 Å². The van der Waals surface area contributed by atoms with E-state index in [0.717, 1.165) is 23.6 Å². The molecule has 0 saturated carbocycles. The molecular weight excluding hydrogens is 347 g/mol. The fourth-order valence-electron chi connectivity index (χ4n) is 2.28. The van der Waals surface area contributed by atoms with Gasteiger partial charge in [-0.3, -0.25) is 9.59 Å². The molecule has 138 valence electrons. The first-order chi connectivity index (χ1) is 12.2. The number of hydrogen-bond acceptors (Lipinski definition) is 3. The summed E-state index contributed by atoms with van der Waals surface area (Å²) < 4.78 is 40.4. The average molecular weight is 365 g/mol. The third-order valence-corrected chi connectivity index (χ3v) is 3.65. The normalized spacial score (nSPS) is 10.4. The van der Waals surface area contributed by atoms with E-state index in [1.54, 1.807) is 24.3 Å². The Hall–Kier alpha value is -3.03. The Balaban J connectivity index is 2.16. The minimum absolute atomic E-state index is 0.481. The second-order valence-corrected chi connectivity index (χ2v) is 5.79. The summed E-state index contributed by atoms with van der Waals surface area (Å²) >= 11 is 0. The molecule has 0 heterocycles. The first kappa shape index (κ1) is 19.3. The van der Waals surface area contributed by atoms with Crippen molar-refractivity contribution >= 4 is 28.9 Å². The number of halogens is 3. The van der Waals surface area contributed by atoms with Crippen LogP contribution in [-0.2, 0) is 9.59 Å². The predicted octanol–water partition coefficient (Wildman–Crippen LogP) is 3.16. The Kier molecular flexibility index (Phi) is 5.86. The van der Waals surface area contributed by atoms with Gasteiger partial charge in [-0.25, -0.2) is 13.2 Å². The van der Waals surface area contributed by atoms with Gasteiger partial charge in [0.1, 0.15) is 6.54 Å². The molecule has 26 heavy (non-hydrogen) atoms. The van der Waals surface area contributed by atoms with Crippen LogP contribution < -0.4 is 15.1 Å². The maximum Gasteiger partial charge on any atom is 0.244 e. The summed E-state index contributed by atoms with van der Waals surface area (Å²) in [5.41, 5.74) is 0.904. The van der Waals surface area contributed by atoms with Gasteiger partial charge in [0.15, 0.2) is 17.5 Å². The van der Waals surface area contributed by atoms with Crippen LogP contribution in [0.1, 0.15) is 6.92 Å². The van der Waals surface area contributed by atoms with Crippen molar-refractivity contribution in [3.05, 3.63) is 53.8 Å². The Bertz CT molecular complexity index is 823. The van der Waals surface area contributed by atoms with Crippen LogP contribution in [-0.4, -0.2) is 32.5 Å². The van der Waals surface area contributed by atoms with Gasteiger partial charge in [-0.1, -0.05) is 0 Å². The van der Waals surface area contributed by atoms with Crippen LogP contribution in [0.4, 0.5) is 30.2 Å². The van der Waals surface area contributed by atoms with Crippen LogP contribution in [0.15, 0.2) is 36.4 Å². The zero-order valence-electron chi connectivity index (χ0n) is 14.5. The molecule has 1 N–H and O–H groups in total. The van der Waals surface area contributed by atoms with Crippen molar-refractivity contribution in [2.24, 2.45) is 0 Å². The van der Waals surface area contributed by atoms with Gasteiger partial charge in [0.25, 0.3) is 0 Å². The third-order valence-electron chi connectivity index (χ3n) is 3.65. The summed E-state index contributed by atoms with van der Waals surface area (Å²) in [7, 11) is 3.74. The first-order valence-corrected chi connectivity index (χ1v) is 7.69. The third kappa shape index (κ3) is 4.33. The van der Waals surface area contributed by atoms with Gasteiger partial charge in [-0.15, -0.1) is 0 Å². The molecule has 0 aliphatic carbocycles. The summed E-state index contributed by atoms with van der Waals surface area (Å²) in [6.07, 6.45) is 0. The lowest BCUT2D eigenvalue weighted by Crippen LogP contribution is -2.37. The highest BCUT2D eigenvalue weighted by Crippen LogP contribution is 2.24. The van der Waals surface area contributed by atoms with Crippen LogP contribution in [0.3, 0.4) is 0 Å². The fraction of sp³-hybridized carbons (Fsp3) is 0.222. The molecule has 2 aromatic carbocycles. The zero-order valence-corrected chi connectivity index (χ0v) is 14.5. The molecule has 0 saturated heterocycles. The lowest BCUT2D eigenvalue weighted by molar-refractivity contribution is -0.120. The molecule has 0 bridgehead atoms. The molecule has 2 amide bonds. The fourth-order valence-corrected chi connectivity index (χ4v) is 2.28. The number of anilines is 3. The van der Waals surface area contributed by atoms with Crippen molar-refractivity contribution in [3.8, 4) is 0 Å². The number of nitrogens with one attached hydrogen (secondary N) is 1. The van der Waals surface area contributed by atoms with Crippen LogP contribution in [0.5, 0.6) is 0 Å². The summed E-state index contributed by atoms with van der Waals surface area (Å²) in [6, 6.07) is 8.52. The maximum atomic E-state index is 13.9. The van der Waals surface area contributed by atoms with Crippen molar-refractivity contribution in [1.29, 1.82) is 0 Å². The zero-order chi connectivity index (χ0) is 19.4. The maximum absolute atomic E-state index is 13.9. The number of rotatable bonds is 5. The van der Waals surface area contributed by atoms with Crippen LogP contribution in [0.25, 0.3) is 0 Å². The summed E-state index contributed by atoms with van der Waals surface area (Å²) in [6.45, 7) is 0.548. The summed E-state index contributed by atoms with van der Waals surface area (Å²) in [5, 5.41) is 2.57. The minimum atomic E-state index is -1.70. The molecule has 0 radical (unpaired) electrons. The highest BCUT2D eigenvalue weighted by molar-refractivity contribution is 6.01. The Morgan fingerprint density at radius 1 is 0.962 bits per heavy atom. The lowest BCUT2D eigenvalue weighted by atomic mass is 10.2. The van der Waals surface area contributed by atoms with E-state index in [4.69, 9.17) is 0 Å². The Morgan fingerprint density at radius 2 is 1.58 bits per heavy atom. The van der Waals surface area contributed by atoms with Crippen molar-refractivity contribution in [2.45, 2.75) is 6.92 Å². The molecule has 0 unspecified atom stereocenters. The summed E-state index contributed by atoms with van der Waals surface area (Å²) in [5.74, 6) is -5.90. The van der Waals surface area contributed by atoms with E-state index in [1.807, 2.05) is 19.0 Å². The smallest absolute Gasteiger partial charge is 0.244 e. The largest absolute Gasteiger partial charge is 0.378 e. The highest BCUT2D eigenvalue weighted by atomic mass is 19.2. The lowest BCUT2D eigenvalue weighted by Gasteiger charge is -2.21. The van der Waals surface area contributed by atoms with Crippen molar-refractivity contribution in [2.75, 3.05) is 35.8 Å². The monoisotopic (exact) mass is 365 g/mol. The predicted molar refractivity (Wildman–Crippen MR) is 93.7 cm³/mol. The quantitative estimate of drug-likeness (QED) is 0.828. The Labute approximate surface area is 149 Å². The molecule has 0 spiro atoms. The van der Waals surface area contributed by atoms with E-state index in [-0.39, 0.29) is 0 Å². The molecule has 0 fully saturated rings. The molecule has 8 heteroatoms. The second kappa shape index (κ2) is 7.90. The van der Waals surface area contributed by atoms with E-state index >= 15 is 0 Å². The number of benzene rings is 2. The molecular formula is C18H18F3N3O2. The molecule has 2 aromatic rings. The van der Waals surface area contributed by atoms with Crippen molar-refractivity contribution in [3.63, 3.8) is 0 Å². The van der Waals surface area contributed by atoms with E-state index in [1.165, 1.54) is 0 Å². The molecule has 0 aliphatic heterocycles. The second-order valence-electron chi connectivity index (χ2n) is 5.79. The number of nitrogens with zero attached hydrogens (tertiary/aromatic N) is 2. The summed E-state index contributed by atoms with van der Waals surface area (Å²) in [4.78, 5) is 26.6. The average Bonchev–Trinajstić information content (AvgIpc) is 2.58. The van der Waals surface area contributed by atoms with E-state index in [9.17, 15) is 22.8 Å². The van der Waals surface area contributed by atoms with E-state index < -0.39 is 41.5 Å². The number of carbonyl (C=O) groups is 2. The molecule has 0 aliphatic rings. The van der Waals surface area contributed by atoms with Gasteiger partial charge in [0.05, 0.1) is 5.69 Å². The van der Waals surface area contributed by atoms with Gasteiger partial charge in [0, 0.05) is 32.4 Å². The van der Waals surface area contributed by atoms with Crippen molar-refractivity contribution < 1.29 is 22.8 Å². The molecule has 5 nitrogen and oxygen atoms in total. The number of hydrogen-bond donors (Lipinski definition) is 1. The molecule has 0 atom stereocenters. The van der Waals surface area contributed by atoms with Gasteiger partial charge in [0.2, 0.25) is 11.8 Å². The van der Waals surface area contributed by atoms with Gasteiger partial charge >= 0.3 is 0 Å².